The highest BCUT2D eigenvalue weighted by Gasteiger charge is 2.18. The number of benzene rings is 2. The van der Waals surface area contributed by atoms with E-state index in [9.17, 15) is 9.59 Å². The number of primary amides is 1. The van der Waals surface area contributed by atoms with Crippen molar-refractivity contribution in [3.05, 3.63) is 71.3 Å². The van der Waals surface area contributed by atoms with Gasteiger partial charge in [0.25, 0.3) is 0 Å². The Hall–Kier alpha value is -2.62. The molecule has 2 rings (SSSR count). The van der Waals surface area contributed by atoms with Crippen molar-refractivity contribution >= 4 is 11.8 Å². The molecule has 4 nitrogen and oxygen atoms in total. The van der Waals surface area contributed by atoms with Crippen LogP contribution < -0.4 is 11.1 Å². The molecular weight excluding hydrogens is 288 g/mol. The van der Waals surface area contributed by atoms with Crippen molar-refractivity contribution < 1.29 is 9.59 Å². The molecule has 0 aliphatic carbocycles. The molecule has 0 aromatic heterocycles. The molecule has 0 saturated carbocycles. The number of nitrogens with one attached hydrogen (secondary N) is 1. The monoisotopic (exact) mass is 310 g/mol. The molecule has 0 aliphatic heterocycles. The molecule has 120 valence electrons. The molecule has 0 radical (unpaired) electrons. The van der Waals surface area contributed by atoms with E-state index >= 15 is 0 Å². The first-order valence-electron chi connectivity index (χ1n) is 7.73. The van der Waals surface area contributed by atoms with E-state index < -0.39 is 11.9 Å². The Morgan fingerprint density at radius 1 is 1.00 bits per heavy atom. The molecule has 1 atom stereocenters. The first-order valence-corrected chi connectivity index (χ1v) is 7.73. The highest BCUT2D eigenvalue weighted by Crippen LogP contribution is 2.07. The number of carbonyl (C=O) groups excluding carboxylic acids is 2. The maximum atomic E-state index is 12.1. The van der Waals surface area contributed by atoms with Crippen molar-refractivity contribution in [1.29, 1.82) is 0 Å². The summed E-state index contributed by atoms with van der Waals surface area (Å²) in [5, 5.41) is 2.74. The van der Waals surface area contributed by atoms with Gasteiger partial charge in [0.05, 0.1) is 0 Å². The summed E-state index contributed by atoms with van der Waals surface area (Å²) in [6.07, 6.45) is 1.39. The zero-order valence-electron chi connectivity index (χ0n) is 13.3. The Balaban J connectivity index is 1.89. The van der Waals surface area contributed by atoms with E-state index in [1.165, 1.54) is 0 Å². The smallest absolute Gasteiger partial charge is 0.240 e. The summed E-state index contributed by atoms with van der Waals surface area (Å²) < 4.78 is 0. The molecule has 0 bridgehead atoms. The van der Waals surface area contributed by atoms with Gasteiger partial charge in [0.1, 0.15) is 6.04 Å². The second-order valence-electron chi connectivity index (χ2n) is 5.70. The second kappa shape index (κ2) is 8.13. The topological polar surface area (TPSA) is 72.2 Å². The molecule has 4 heteroatoms. The second-order valence-corrected chi connectivity index (χ2v) is 5.70. The molecular formula is C19H22N2O2. The zero-order chi connectivity index (χ0) is 16.7. The van der Waals surface area contributed by atoms with Crippen LogP contribution in [-0.2, 0) is 22.4 Å². The quantitative estimate of drug-likeness (QED) is 0.822. The van der Waals surface area contributed by atoms with Crippen molar-refractivity contribution in [2.24, 2.45) is 5.73 Å². The van der Waals surface area contributed by atoms with E-state index in [-0.39, 0.29) is 5.91 Å². The number of aryl methyl sites for hydroxylation is 2. The Bertz CT molecular complexity index is 651. The van der Waals surface area contributed by atoms with Crippen molar-refractivity contribution in [2.75, 3.05) is 0 Å². The molecule has 0 fully saturated rings. The average Bonchev–Trinajstić information content (AvgIpc) is 2.55. The van der Waals surface area contributed by atoms with Crippen molar-refractivity contribution in [2.45, 2.75) is 32.2 Å². The SMILES string of the molecule is Cc1ccc(C[C@H](NC(=O)CCc2ccccc2)C(N)=O)cc1. The first-order chi connectivity index (χ1) is 11.0. The maximum absolute atomic E-state index is 12.1. The number of nitrogens with two attached hydrogens (primary N) is 1. The number of carbonyl (C=O) groups is 2. The van der Waals surface area contributed by atoms with Crippen LogP contribution in [0.1, 0.15) is 23.1 Å². The van der Waals surface area contributed by atoms with Crippen LogP contribution in [0.2, 0.25) is 0 Å². The molecule has 2 aromatic carbocycles. The summed E-state index contributed by atoms with van der Waals surface area (Å²) in [7, 11) is 0. The van der Waals surface area contributed by atoms with Crippen LogP contribution in [0.5, 0.6) is 0 Å². The van der Waals surface area contributed by atoms with Gasteiger partial charge in [-0.15, -0.1) is 0 Å². The minimum atomic E-state index is -0.680. The van der Waals surface area contributed by atoms with Gasteiger partial charge >= 0.3 is 0 Å². The Morgan fingerprint density at radius 2 is 1.65 bits per heavy atom. The zero-order valence-corrected chi connectivity index (χ0v) is 13.3. The van der Waals surface area contributed by atoms with Crippen LogP contribution in [0.25, 0.3) is 0 Å². The van der Waals surface area contributed by atoms with Gasteiger partial charge in [0.2, 0.25) is 11.8 Å². The third-order valence-corrected chi connectivity index (χ3v) is 3.72. The summed E-state index contributed by atoms with van der Waals surface area (Å²) in [5.74, 6) is -0.677. The van der Waals surface area contributed by atoms with Crippen LogP contribution in [-0.4, -0.2) is 17.9 Å². The number of hydrogen-bond acceptors (Lipinski definition) is 2. The fraction of sp³-hybridized carbons (Fsp3) is 0.263. The fourth-order valence-electron chi connectivity index (χ4n) is 2.35. The van der Waals surface area contributed by atoms with Gasteiger partial charge in [-0.1, -0.05) is 60.2 Å². The lowest BCUT2D eigenvalue weighted by molar-refractivity contribution is -0.127. The molecule has 23 heavy (non-hydrogen) atoms. The minimum Gasteiger partial charge on any atom is -0.368 e. The van der Waals surface area contributed by atoms with Crippen LogP contribution in [0.4, 0.5) is 0 Å². The van der Waals surface area contributed by atoms with E-state index in [2.05, 4.69) is 5.32 Å². The van der Waals surface area contributed by atoms with Gasteiger partial charge < -0.3 is 11.1 Å². The maximum Gasteiger partial charge on any atom is 0.240 e. The summed E-state index contributed by atoms with van der Waals surface area (Å²) in [6, 6.07) is 16.9. The molecule has 0 heterocycles. The van der Waals surface area contributed by atoms with Crippen LogP contribution in [0.3, 0.4) is 0 Å². The third kappa shape index (κ3) is 5.58. The lowest BCUT2D eigenvalue weighted by Gasteiger charge is -2.16. The van der Waals surface area contributed by atoms with E-state index in [1.54, 1.807) is 0 Å². The lowest BCUT2D eigenvalue weighted by atomic mass is 10.0. The Morgan fingerprint density at radius 3 is 2.26 bits per heavy atom. The van der Waals surface area contributed by atoms with Gasteiger partial charge in [-0.05, 0) is 24.5 Å². The summed E-state index contributed by atoms with van der Waals surface area (Å²) in [5.41, 5.74) is 8.63. The molecule has 2 amide bonds. The summed E-state index contributed by atoms with van der Waals surface area (Å²) in [4.78, 5) is 23.6. The van der Waals surface area contributed by atoms with Crippen molar-refractivity contribution in [1.82, 2.24) is 5.32 Å². The molecule has 0 saturated heterocycles. The minimum absolute atomic E-state index is 0.162. The van der Waals surface area contributed by atoms with Gasteiger partial charge in [0, 0.05) is 12.8 Å². The largest absolute Gasteiger partial charge is 0.368 e. The molecule has 3 N–H and O–H groups in total. The number of amides is 2. The van der Waals surface area contributed by atoms with Crippen molar-refractivity contribution in [3.8, 4) is 0 Å². The van der Waals surface area contributed by atoms with Crippen LogP contribution in [0, 0.1) is 6.92 Å². The van der Waals surface area contributed by atoms with Gasteiger partial charge in [-0.25, -0.2) is 0 Å². The average molecular weight is 310 g/mol. The van der Waals surface area contributed by atoms with Gasteiger partial charge in [-0.3, -0.25) is 9.59 Å². The fourth-order valence-corrected chi connectivity index (χ4v) is 2.35. The summed E-state index contributed by atoms with van der Waals surface area (Å²) >= 11 is 0. The first kappa shape index (κ1) is 16.7. The molecule has 0 aliphatic rings. The molecule has 0 spiro atoms. The highest BCUT2D eigenvalue weighted by atomic mass is 16.2. The normalized spacial score (nSPS) is 11.7. The lowest BCUT2D eigenvalue weighted by Crippen LogP contribution is -2.45. The third-order valence-electron chi connectivity index (χ3n) is 3.72. The van der Waals surface area contributed by atoms with Gasteiger partial charge in [-0.2, -0.15) is 0 Å². The number of rotatable bonds is 7. The van der Waals surface area contributed by atoms with Gasteiger partial charge in [0.15, 0.2) is 0 Å². The highest BCUT2D eigenvalue weighted by molar-refractivity contribution is 5.86. The van der Waals surface area contributed by atoms with Crippen molar-refractivity contribution in [3.63, 3.8) is 0 Å². The Labute approximate surface area is 136 Å². The van der Waals surface area contributed by atoms with E-state index in [0.717, 1.165) is 16.7 Å². The van der Waals surface area contributed by atoms with Crippen LogP contribution >= 0.6 is 0 Å². The standard InChI is InChI=1S/C19H22N2O2/c1-14-7-9-16(10-8-14)13-17(19(20)23)21-18(22)12-11-15-5-3-2-4-6-15/h2-10,17H,11-13H2,1H3,(H2,20,23)(H,21,22)/t17-/m0/s1. The predicted molar refractivity (Wildman–Crippen MR) is 90.8 cm³/mol. The predicted octanol–water partition coefficient (Wildman–Crippen LogP) is 2.14. The molecule has 2 aromatic rings. The van der Waals surface area contributed by atoms with E-state index in [0.29, 0.717) is 19.3 Å². The van der Waals surface area contributed by atoms with E-state index in [4.69, 9.17) is 5.73 Å². The number of hydrogen-bond donors (Lipinski definition) is 2. The summed E-state index contributed by atoms with van der Waals surface area (Å²) in [6.45, 7) is 2.00. The van der Waals surface area contributed by atoms with Crippen LogP contribution in [0.15, 0.2) is 54.6 Å². The molecule has 0 unspecified atom stereocenters. The van der Waals surface area contributed by atoms with E-state index in [1.807, 2.05) is 61.5 Å². The Kier molecular flexibility index (Phi) is 5.92.